The molecule has 3 nitrogen and oxygen atoms in total. The summed E-state index contributed by atoms with van der Waals surface area (Å²) < 4.78 is 52.2. The van der Waals surface area contributed by atoms with Gasteiger partial charge < -0.3 is 11.1 Å². The lowest BCUT2D eigenvalue weighted by Gasteiger charge is -2.08. The molecule has 1 amide bonds. The number of hydrogen-bond donors (Lipinski definition) is 2. The van der Waals surface area contributed by atoms with Gasteiger partial charge in [0.15, 0.2) is 23.3 Å². The van der Waals surface area contributed by atoms with Crippen LogP contribution in [0.3, 0.4) is 0 Å². The highest BCUT2D eigenvalue weighted by Gasteiger charge is 2.20. The van der Waals surface area contributed by atoms with Gasteiger partial charge in [0.25, 0.3) is 0 Å². The van der Waals surface area contributed by atoms with Gasteiger partial charge in [0, 0.05) is 12.5 Å². The van der Waals surface area contributed by atoms with Crippen LogP contribution in [0, 0.1) is 23.3 Å². The maximum atomic E-state index is 13.2. The highest BCUT2D eigenvalue weighted by Crippen LogP contribution is 2.24. The van der Waals surface area contributed by atoms with Crippen molar-refractivity contribution in [3.63, 3.8) is 0 Å². The third kappa shape index (κ3) is 4.20. The van der Waals surface area contributed by atoms with Crippen LogP contribution in [-0.2, 0) is 4.79 Å². The van der Waals surface area contributed by atoms with Gasteiger partial charge in [-0.15, -0.1) is 0 Å². The van der Waals surface area contributed by atoms with E-state index in [4.69, 9.17) is 5.73 Å². The standard InChI is InChI=1S/C12H14F4N2O/c13-7-6-8(14)11(16)12(10(7)15)18-9(19)4-2-1-3-5-17/h6H,1-5,17H2,(H,18,19). The lowest BCUT2D eigenvalue weighted by Crippen LogP contribution is -2.15. The van der Waals surface area contributed by atoms with E-state index in [0.29, 0.717) is 19.4 Å². The molecule has 0 fully saturated rings. The Bertz CT molecular complexity index is 439. The predicted octanol–water partition coefficient (Wildman–Crippen LogP) is 2.70. The zero-order valence-electron chi connectivity index (χ0n) is 10.1. The Morgan fingerprint density at radius 1 is 1.05 bits per heavy atom. The summed E-state index contributed by atoms with van der Waals surface area (Å²) in [7, 11) is 0. The van der Waals surface area contributed by atoms with E-state index in [0.717, 1.165) is 6.42 Å². The molecule has 0 saturated heterocycles. The molecule has 1 rings (SSSR count). The lowest BCUT2D eigenvalue weighted by atomic mass is 10.2. The molecular weight excluding hydrogens is 264 g/mol. The Balaban J connectivity index is 2.69. The number of rotatable bonds is 6. The molecule has 0 heterocycles. The Morgan fingerprint density at radius 2 is 1.63 bits per heavy atom. The zero-order valence-corrected chi connectivity index (χ0v) is 10.1. The molecule has 0 bridgehead atoms. The summed E-state index contributed by atoms with van der Waals surface area (Å²) in [6.07, 6.45) is 1.89. The minimum absolute atomic E-state index is 0.00296. The van der Waals surface area contributed by atoms with E-state index < -0.39 is 34.9 Å². The second-order valence-corrected chi connectivity index (χ2v) is 3.99. The van der Waals surface area contributed by atoms with Gasteiger partial charge in [-0.3, -0.25) is 4.79 Å². The maximum absolute atomic E-state index is 13.2. The van der Waals surface area contributed by atoms with E-state index in [1.807, 2.05) is 5.32 Å². The SMILES string of the molecule is NCCCCCC(=O)Nc1c(F)c(F)cc(F)c1F. The van der Waals surface area contributed by atoms with Gasteiger partial charge in [0.1, 0.15) is 5.69 Å². The number of benzene rings is 1. The van der Waals surface area contributed by atoms with Gasteiger partial charge >= 0.3 is 0 Å². The molecule has 0 aliphatic heterocycles. The molecule has 0 aliphatic carbocycles. The largest absolute Gasteiger partial charge is 0.330 e. The molecular formula is C12H14F4N2O. The van der Waals surface area contributed by atoms with Crippen molar-refractivity contribution in [2.45, 2.75) is 25.7 Å². The minimum Gasteiger partial charge on any atom is -0.330 e. The Hall–Kier alpha value is -1.63. The molecule has 0 aromatic heterocycles. The fourth-order valence-electron chi connectivity index (χ4n) is 1.49. The first-order chi connectivity index (χ1) is 8.97. The lowest BCUT2D eigenvalue weighted by molar-refractivity contribution is -0.116. The second-order valence-electron chi connectivity index (χ2n) is 3.99. The first-order valence-corrected chi connectivity index (χ1v) is 5.80. The van der Waals surface area contributed by atoms with Gasteiger partial charge in [-0.2, -0.15) is 0 Å². The van der Waals surface area contributed by atoms with Gasteiger partial charge in [-0.25, -0.2) is 17.6 Å². The third-order valence-electron chi connectivity index (χ3n) is 2.48. The van der Waals surface area contributed by atoms with Crippen molar-refractivity contribution >= 4 is 11.6 Å². The predicted molar refractivity (Wildman–Crippen MR) is 62.4 cm³/mol. The van der Waals surface area contributed by atoms with Crippen LogP contribution in [-0.4, -0.2) is 12.5 Å². The van der Waals surface area contributed by atoms with Gasteiger partial charge in [-0.05, 0) is 19.4 Å². The number of halogens is 4. The van der Waals surface area contributed by atoms with E-state index in [9.17, 15) is 22.4 Å². The molecule has 0 aliphatic rings. The number of anilines is 1. The summed E-state index contributed by atoms with van der Waals surface area (Å²) in [5.74, 6) is -7.06. The molecule has 1 aromatic carbocycles. The van der Waals surface area contributed by atoms with Crippen LogP contribution < -0.4 is 11.1 Å². The van der Waals surface area contributed by atoms with Gasteiger partial charge in [0.05, 0.1) is 0 Å². The minimum atomic E-state index is -1.62. The maximum Gasteiger partial charge on any atom is 0.224 e. The smallest absolute Gasteiger partial charge is 0.224 e. The molecule has 1 aromatic rings. The van der Waals surface area contributed by atoms with Crippen LogP contribution in [0.15, 0.2) is 6.07 Å². The van der Waals surface area contributed by atoms with Crippen LogP contribution in [0.4, 0.5) is 23.2 Å². The number of nitrogens with two attached hydrogens (primary N) is 1. The van der Waals surface area contributed by atoms with Crippen molar-refractivity contribution in [3.8, 4) is 0 Å². The number of carbonyl (C=O) groups excluding carboxylic acids is 1. The summed E-state index contributed by atoms with van der Waals surface area (Å²) in [5.41, 5.74) is 4.16. The van der Waals surface area contributed by atoms with Crippen LogP contribution in [0.5, 0.6) is 0 Å². The van der Waals surface area contributed by atoms with E-state index in [1.54, 1.807) is 0 Å². The summed E-state index contributed by atoms with van der Waals surface area (Å²) in [6, 6.07) is 0.0849. The molecule has 106 valence electrons. The molecule has 7 heteroatoms. The fraction of sp³-hybridized carbons (Fsp3) is 0.417. The Labute approximate surface area is 107 Å². The van der Waals surface area contributed by atoms with Crippen molar-refractivity contribution in [1.29, 1.82) is 0 Å². The molecule has 0 spiro atoms. The van der Waals surface area contributed by atoms with Crippen LogP contribution in [0.1, 0.15) is 25.7 Å². The molecule has 0 radical (unpaired) electrons. The van der Waals surface area contributed by atoms with Crippen molar-refractivity contribution in [2.24, 2.45) is 5.73 Å². The van der Waals surface area contributed by atoms with Crippen molar-refractivity contribution < 1.29 is 22.4 Å². The average Bonchev–Trinajstić information content (AvgIpc) is 2.37. The molecule has 3 N–H and O–H groups in total. The van der Waals surface area contributed by atoms with E-state index >= 15 is 0 Å². The summed E-state index contributed by atoms with van der Waals surface area (Å²) >= 11 is 0. The van der Waals surface area contributed by atoms with Crippen LogP contribution in [0.25, 0.3) is 0 Å². The van der Waals surface area contributed by atoms with Crippen LogP contribution >= 0.6 is 0 Å². The quantitative estimate of drug-likeness (QED) is 0.477. The van der Waals surface area contributed by atoms with Gasteiger partial charge in [0.2, 0.25) is 5.91 Å². The Morgan fingerprint density at radius 3 is 2.16 bits per heavy atom. The average molecular weight is 278 g/mol. The highest BCUT2D eigenvalue weighted by molar-refractivity contribution is 5.90. The van der Waals surface area contributed by atoms with E-state index in [1.165, 1.54) is 0 Å². The van der Waals surface area contributed by atoms with Crippen molar-refractivity contribution in [1.82, 2.24) is 0 Å². The molecule has 0 atom stereocenters. The van der Waals surface area contributed by atoms with Gasteiger partial charge in [-0.1, -0.05) is 6.42 Å². The summed E-state index contributed by atoms with van der Waals surface area (Å²) in [6.45, 7) is 0.486. The van der Waals surface area contributed by atoms with E-state index in [-0.39, 0.29) is 12.5 Å². The summed E-state index contributed by atoms with van der Waals surface area (Å²) in [4.78, 5) is 11.4. The first kappa shape index (κ1) is 15.4. The molecule has 19 heavy (non-hydrogen) atoms. The number of nitrogens with one attached hydrogen (secondary N) is 1. The number of unbranched alkanes of at least 4 members (excludes halogenated alkanes) is 2. The normalized spacial score (nSPS) is 10.6. The molecule has 0 unspecified atom stereocenters. The molecule has 0 saturated carbocycles. The monoisotopic (exact) mass is 278 g/mol. The fourth-order valence-corrected chi connectivity index (χ4v) is 1.49. The zero-order chi connectivity index (χ0) is 14.4. The van der Waals surface area contributed by atoms with Crippen molar-refractivity contribution in [2.75, 3.05) is 11.9 Å². The first-order valence-electron chi connectivity index (χ1n) is 5.80. The third-order valence-corrected chi connectivity index (χ3v) is 2.48. The van der Waals surface area contributed by atoms with E-state index in [2.05, 4.69) is 0 Å². The second kappa shape index (κ2) is 7.08. The van der Waals surface area contributed by atoms with Crippen molar-refractivity contribution in [3.05, 3.63) is 29.3 Å². The number of hydrogen-bond acceptors (Lipinski definition) is 2. The number of carbonyl (C=O) groups is 1. The number of amides is 1. The Kier molecular flexibility index (Phi) is 5.75. The topological polar surface area (TPSA) is 55.1 Å². The summed E-state index contributed by atoms with van der Waals surface area (Å²) in [5, 5.41) is 1.84. The van der Waals surface area contributed by atoms with Crippen LogP contribution in [0.2, 0.25) is 0 Å². The highest BCUT2D eigenvalue weighted by atomic mass is 19.2.